The fourth-order valence-electron chi connectivity index (χ4n) is 1.67. The van der Waals surface area contributed by atoms with Gasteiger partial charge in [0, 0.05) is 18.0 Å². The molecule has 1 N–H and O–H groups in total. The smallest absolute Gasteiger partial charge is 0.254 e. The Bertz CT molecular complexity index is 423. The van der Waals surface area contributed by atoms with E-state index < -0.39 is 17.5 Å². The van der Waals surface area contributed by atoms with E-state index in [0.29, 0.717) is 18.4 Å². The lowest BCUT2D eigenvalue weighted by Gasteiger charge is -2.18. The molecule has 0 aromatic heterocycles. The molecule has 18 heavy (non-hydrogen) atoms. The third-order valence-electron chi connectivity index (χ3n) is 2.45. The minimum Gasteiger partial charge on any atom is -0.348 e. The van der Waals surface area contributed by atoms with Crippen LogP contribution in [-0.4, -0.2) is 17.8 Å². The number of rotatable bonds is 5. The summed E-state index contributed by atoms with van der Waals surface area (Å²) >= 11 is 5.74. The first-order valence-corrected chi connectivity index (χ1v) is 6.29. The number of alkyl halides is 1. The Morgan fingerprint density at radius 1 is 1.39 bits per heavy atom. The van der Waals surface area contributed by atoms with Gasteiger partial charge < -0.3 is 5.32 Å². The molecule has 5 heteroatoms. The number of benzene rings is 1. The fraction of sp³-hybridized carbons (Fsp3) is 0.462. The lowest BCUT2D eigenvalue weighted by Crippen LogP contribution is -2.37. The molecule has 0 saturated heterocycles. The maximum atomic E-state index is 13.4. The molecule has 0 aliphatic heterocycles. The molecule has 1 unspecified atom stereocenters. The van der Waals surface area contributed by atoms with Gasteiger partial charge in [-0.05, 0) is 24.5 Å². The molecule has 1 rings (SSSR count). The lowest BCUT2D eigenvalue weighted by molar-refractivity contribution is 0.0932. The van der Waals surface area contributed by atoms with E-state index in [2.05, 4.69) is 5.32 Å². The zero-order valence-electron chi connectivity index (χ0n) is 10.3. The van der Waals surface area contributed by atoms with Crippen molar-refractivity contribution in [2.45, 2.75) is 26.3 Å². The molecule has 0 saturated carbocycles. The van der Waals surface area contributed by atoms with Crippen LogP contribution < -0.4 is 5.32 Å². The maximum Gasteiger partial charge on any atom is 0.254 e. The van der Waals surface area contributed by atoms with E-state index in [-0.39, 0.29) is 17.5 Å². The van der Waals surface area contributed by atoms with Gasteiger partial charge in [0.2, 0.25) is 0 Å². The number of hydrogen-bond acceptors (Lipinski definition) is 1. The average Bonchev–Trinajstić information content (AvgIpc) is 2.27. The standard InChI is InChI=1S/C13H16ClF2NO/c1-8(2)5-10(7-14)17-13(18)11-4-3-9(15)6-12(11)16/h3-4,6,8,10H,5,7H2,1-2H3,(H,17,18). The second kappa shape index (κ2) is 6.69. The Morgan fingerprint density at radius 3 is 2.56 bits per heavy atom. The van der Waals surface area contributed by atoms with E-state index in [9.17, 15) is 13.6 Å². The SMILES string of the molecule is CC(C)CC(CCl)NC(=O)c1ccc(F)cc1F. The summed E-state index contributed by atoms with van der Waals surface area (Å²) in [5.41, 5.74) is -0.171. The van der Waals surface area contributed by atoms with Gasteiger partial charge in [-0.2, -0.15) is 0 Å². The van der Waals surface area contributed by atoms with Gasteiger partial charge in [-0.3, -0.25) is 4.79 Å². The molecule has 100 valence electrons. The Morgan fingerprint density at radius 2 is 2.06 bits per heavy atom. The number of hydrogen-bond donors (Lipinski definition) is 1. The van der Waals surface area contributed by atoms with Crippen molar-refractivity contribution in [2.24, 2.45) is 5.92 Å². The average molecular weight is 276 g/mol. The first kappa shape index (κ1) is 14.9. The van der Waals surface area contributed by atoms with E-state index in [1.165, 1.54) is 0 Å². The van der Waals surface area contributed by atoms with Crippen LogP contribution in [0.3, 0.4) is 0 Å². The summed E-state index contributed by atoms with van der Waals surface area (Å²) in [5.74, 6) is -1.52. The number of carbonyl (C=O) groups is 1. The van der Waals surface area contributed by atoms with Gasteiger partial charge in [0.15, 0.2) is 0 Å². The monoisotopic (exact) mass is 275 g/mol. The summed E-state index contributed by atoms with van der Waals surface area (Å²) in [6.45, 7) is 4.01. The summed E-state index contributed by atoms with van der Waals surface area (Å²) in [5, 5.41) is 2.64. The number of carbonyl (C=O) groups excluding carboxylic acids is 1. The van der Waals surface area contributed by atoms with Crippen LogP contribution in [0.2, 0.25) is 0 Å². The number of amides is 1. The summed E-state index contributed by atoms with van der Waals surface area (Å²) in [7, 11) is 0. The van der Waals surface area contributed by atoms with E-state index in [0.717, 1.165) is 12.1 Å². The van der Waals surface area contributed by atoms with Crippen LogP contribution >= 0.6 is 11.6 Å². The van der Waals surface area contributed by atoms with Crippen molar-refractivity contribution in [1.82, 2.24) is 5.32 Å². The molecule has 0 aliphatic rings. The Hall–Kier alpha value is -1.16. The molecule has 0 heterocycles. The van der Waals surface area contributed by atoms with Crippen molar-refractivity contribution in [3.8, 4) is 0 Å². The van der Waals surface area contributed by atoms with Crippen LogP contribution in [0, 0.1) is 17.6 Å². The summed E-state index contributed by atoms with van der Waals surface area (Å²) in [6, 6.07) is 2.65. The third kappa shape index (κ3) is 4.26. The fourth-order valence-corrected chi connectivity index (χ4v) is 1.87. The van der Waals surface area contributed by atoms with Crippen molar-refractivity contribution < 1.29 is 13.6 Å². The Labute approximate surface area is 110 Å². The van der Waals surface area contributed by atoms with Crippen LogP contribution in [-0.2, 0) is 0 Å². The summed E-state index contributed by atoms with van der Waals surface area (Å²) in [6.07, 6.45) is 0.706. The van der Waals surface area contributed by atoms with Gasteiger partial charge in [-0.1, -0.05) is 13.8 Å². The molecule has 2 nitrogen and oxygen atoms in total. The summed E-state index contributed by atoms with van der Waals surface area (Å²) < 4.78 is 26.1. The van der Waals surface area contributed by atoms with Gasteiger partial charge in [0.05, 0.1) is 5.56 Å². The lowest BCUT2D eigenvalue weighted by atomic mass is 10.0. The van der Waals surface area contributed by atoms with Gasteiger partial charge in [-0.25, -0.2) is 8.78 Å². The predicted molar refractivity (Wildman–Crippen MR) is 67.8 cm³/mol. The minimum atomic E-state index is -0.870. The van der Waals surface area contributed by atoms with E-state index in [1.807, 2.05) is 13.8 Å². The first-order valence-electron chi connectivity index (χ1n) is 5.76. The third-order valence-corrected chi connectivity index (χ3v) is 2.83. The highest BCUT2D eigenvalue weighted by atomic mass is 35.5. The molecule has 0 bridgehead atoms. The van der Waals surface area contributed by atoms with Crippen LogP contribution in [0.5, 0.6) is 0 Å². The van der Waals surface area contributed by atoms with Gasteiger partial charge in [0.25, 0.3) is 5.91 Å². The van der Waals surface area contributed by atoms with Gasteiger partial charge in [-0.15, -0.1) is 11.6 Å². The Kier molecular flexibility index (Phi) is 5.54. The summed E-state index contributed by atoms with van der Waals surface area (Å²) in [4.78, 5) is 11.8. The quantitative estimate of drug-likeness (QED) is 0.821. The molecule has 1 atom stereocenters. The zero-order chi connectivity index (χ0) is 13.7. The largest absolute Gasteiger partial charge is 0.348 e. The maximum absolute atomic E-state index is 13.4. The van der Waals surface area contributed by atoms with Crippen molar-refractivity contribution in [3.63, 3.8) is 0 Å². The molecule has 0 spiro atoms. The topological polar surface area (TPSA) is 29.1 Å². The molecule has 1 aromatic rings. The number of nitrogens with one attached hydrogen (secondary N) is 1. The van der Waals surface area contributed by atoms with E-state index in [1.54, 1.807) is 0 Å². The van der Waals surface area contributed by atoms with E-state index in [4.69, 9.17) is 11.6 Å². The number of halogens is 3. The van der Waals surface area contributed by atoms with Crippen molar-refractivity contribution >= 4 is 17.5 Å². The van der Waals surface area contributed by atoms with Crippen molar-refractivity contribution in [1.29, 1.82) is 0 Å². The zero-order valence-corrected chi connectivity index (χ0v) is 11.1. The van der Waals surface area contributed by atoms with Crippen molar-refractivity contribution in [2.75, 3.05) is 5.88 Å². The first-order chi connectivity index (χ1) is 8.43. The highest BCUT2D eigenvalue weighted by Crippen LogP contribution is 2.11. The molecule has 0 aliphatic carbocycles. The van der Waals surface area contributed by atoms with E-state index >= 15 is 0 Å². The normalized spacial score (nSPS) is 12.6. The molecular weight excluding hydrogens is 260 g/mol. The molecule has 1 aromatic carbocycles. The highest BCUT2D eigenvalue weighted by Gasteiger charge is 2.17. The van der Waals surface area contributed by atoms with Gasteiger partial charge >= 0.3 is 0 Å². The van der Waals surface area contributed by atoms with Crippen LogP contribution in [0.15, 0.2) is 18.2 Å². The molecule has 0 radical (unpaired) electrons. The highest BCUT2D eigenvalue weighted by molar-refractivity contribution is 6.18. The van der Waals surface area contributed by atoms with Crippen LogP contribution in [0.4, 0.5) is 8.78 Å². The van der Waals surface area contributed by atoms with Crippen molar-refractivity contribution in [3.05, 3.63) is 35.4 Å². The predicted octanol–water partition coefficient (Wildman–Crippen LogP) is 3.35. The molecular formula is C13H16ClF2NO. The second-order valence-corrected chi connectivity index (χ2v) is 4.89. The molecule has 0 fully saturated rings. The second-order valence-electron chi connectivity index (χ2n) is 4.58. The minimum absolute atomic E-state index is 0.171. The van der Waals surface area contributed by atoms with Crippen LogP contribution in [0.1, 0.15) is 30.6 Å². The van der Waals surface area contributed by atoms with Gasteiger partial charge in [0.1, 0.15) is 11.6 Å². The van der Waals surface area contributed by atoms with Crippen LogP contribution in [0.25, 0.3) is 0 Å². The molecule has 1 amide bonds. The Balaban J connectivity index is 2.74.